The molecule has 1 amide bonds. The number of ether oxygens (including phenoxy) is 1. The molecule has 0 aliphatic carbocycles. The molecule has 1 saturated heterocycles. The second-order valence-electron chi connectivity index (χ2n) is 7.30. The van der Waals surface area contributed by atoms with Crippen molar-refractivity contribution in [2.24, 2.45) is 5.92 Å². The lowest BCUT2D eigenvalue weighted by Gasteiger charge is -2.31. The zero-order chi connectivity index (χ0) is 20.9. The van der Waals surface area contributed by atoms with E-state index in [1.54, 1.807) is 16.8 Å². The van der Waals surface area contributed by atoms with Crippen LogP contribution in [0.2, 0.25) is 0 Å². The third-order valence-electron chi connectivity index (χ3n) is 5.36. The molecule has 1 aliphatic heterocycles. The Hall–Kier alpha value is -3.33. The van der Waals surface area contributed by atoms with E-state index >= 15 is 0 Å². The van der Waals surface area contributed by atoms with Crippen LogP contribution in [0, 0.1) is 11.7 Å². The van der Waals surface area contributed by atoms with E-state index in [-0.39, 0.29) is 17.6 Å². The number of likely N-dealkylation sites (tertiary alicyclic amines) is 1. The first-order valence-electron chi connectivity index (χ1n) is 9.81. The number of carbonyl (C=O) groups is 1. The van der Waals surface area contributed by atoms with E-state index in [9.17, 15) is 9.18 Å². The number of nitrogens with one attached hydrogen (secondary N) is 1. The summed E-state index contributed by atoms with van der Waals surface area (Å²) in [6.07, 6.45) is 3.00. The Morgan fingerprint density at radius 1 is 1.20 bits per heavy atom. The highest BCUT2D eigenvalue weighted by Crippen LogP contribution is 2.23. The lowest BCUT2D eigenvalue weighted by Crippen LogP contribution is -2.37. The standard InChI is InChI=1S/C21H23FN6O2/c1-30-19-7-2-16(20(22)12-19)13-27-10-8-15(9-11-27)21(29)24-17-3-5-18(6-4-17)28-14-23-25-26-28/h2-7,12,14-15H,8-11,13H2,1H3,(H,24,29). The molecule has 1 fully saturated rings. The number of aromatic nitrogens is 4. The topological polar surface area (TPSA) is 85.2 Å². The minimum absolute atomic E-state index is 0.0143. The lowest BCUT2D eigenvalue weighted by atomic mass is 9.95. The molecule has 156 valence electrons. The average molecular weight is 410 g/mol. The number of methoxy groups -OCH3 is 1. The van der Waals surface area contributed by atoms with Crippen molar-refractivity contribution in [3.63, 3.8) is 0 Å². The molecule has 9 heteroatoms. The molecule has 0 saturated carbocycles. The zero-order valence-electron chi connectivity index (χ0n) is 16.7. The quantitative estimate of drug-likeness (QED) is 0.673. The van der Waals surface area contributed by atoms with Crippen LogP contribution in [0.15, 0.2) is 48.8 Å². The Bertz CT molecular complexity index is 985. The fourth-order valence-corrected chi connectivity index (χ4v) is 3.60. The van der Waals surface area contributed by atoms with Gasteiger partial charge in [0, 0.05) is 29.8 Å². The first-order chi connectivity index (χ1) is 14.6. The minimum atomic E-state index is -0.265. The van der Waals surface area contributed by atoms with Crippen LogP contribution in [-0.2, 0) is 11.3 Å². The molecule has 8 nitrogen and oxygen atoms in total. The van der Waals surface area contributed by atoms with E-state index in [2.05, 4.69) is 25.7 Å². The molecule has 2 aromatic carbocycles. The molecule has 1 aliphatic rings. The van der Waals surface area contributed by atoms with Crippen molar-refractivity contribution in [3.05, 3.63) is 60.2 Å². The van der Waals surface area contributed by atoms with Crippen molar-refractivity contribution in [1.82, 2.24) is 25.1 Å². The molecule has 0 unspecified atom stereocenters. The largest absolute Gasteiger partial charge is 0.497 e. The van der Waals surface area contributed by atoms with Gasteiger partial charge in [-0.05, 0) is 66.7 Å². The van der Waals surface area contributed by atoms with Crippen molar-refractivity contribution < 1.29 is 13.9 Å². The van der Waals surface area contributed by atoms with Gasteiger partial charge < -0.3 is 10.1 Å². The average Bonchev–Trinajstić information content (AvgIpc) is 3.31. The molecule has 1 aromatic heterocycles. The monoisotopic (exact) mass is 410 g/mol. The fraction of sp³-hybridized carbons (Fsp3) is 0.333. The number of tetrazole rings is 1. The van der Waals surface area contributed by atoms with Gasteiger partial charge in [-0.3, -0.25) is 9.69 Å². The van der Waals surface area contributed by atoms with E-state index in [0.717, 1.165) is 37.3 Å². The summed E-state index contributed by atoms with van der Waals surface area (Å²) in [5.41, 5.74) is 2.19. The summed E-state index contributed by atoms with van der Waals surface area (Å²) in [6.45, 7) is 2.03. The number of piperidine rings is 1. The lowest BCUT2D eigenvalue weighted by molar-refractivity contribution is -0.121. The van der Waals surface area contributed by atoms with Crippen molar-refractivity contribution in [2.75, 3.05) is 25.5 Å². The highest BCUT2D eigenvalue weighted by Gasteiger charge is 2.25. The van der Waals surface area contributed by atoms with Gasteiger partial charge in [-0.2, -0.15) is 0 Å². The molecular formula is C21H23FN6O2. The molecule has 3 aromatic rings. The minimum Gasteiger partial charge on any atom is -0.497 e. The molecule has 1 N–H and O–H groups in total. The van der Waals surface area contributed by atoms with Gasteiger partial charge in [0.1, 0.15) is 17.9 Å². The number of hydrogen-bond acceptors (Lipinski definition) is 6. The van der Waals surface area contributed by atoms with Crippen molar-refractivity contribution in [1.29, 1.82) is 0 Å². The molecule has 2 heterocycles. The molecular weight excluding hydrogens is 387 g/mol. The summed E-state index contributed by atoms with van der Waals surface area (Å²) < 4.78 is 20.8. The smallest absolute Gasteiger partial charge is 0.227 e. The summed E-state index contributed by atoms with van der Waals surface area (Å²) in [5, 5.41) is 14.0. The van der Waals surface area contributed by atoms with Crippen LogP contribution in [0.25, 0.3) is 5.69 Å². The molecule has 0 bridgehead atoms. The Morgan fingerprint density at radius 3 is 2.60 bits per heavy atom. The molecule has 30 heavy (non-hydrogen) atoms. The number of nitrogens with zero attached hydrogens (tertiary/aromatic N) is 5. The Labute approximate surface area is 173 Å². The van der Waals surface area contributed by atoms with E-state index in [1.165, 1.54) is 19.5 Å². The number of hydrogen-bond donors (Lipinski definition) is 1. The molecule has 0 atom stereocenters. The van der Waals surface area contributed by atoms with E-state index < -0.39 is 0 Å². The Kier molecular flexibility index (Phi) is 5.99. The van der Waals surface area contributed by atoms with E-state index in [1.807, 2.05) is 24.3 Å². The Balaban J connectivity index is 1.28. The normalized spacial score (nSPS) is 15.1. The summed E-state index contributed by atoms with van der Waals surface area (Å²) in [4.78, 5) is 14.8. The predicted octanol–water partition coefficient (Wildman–Crippen LogP) is 2.66. The van der Waals surface area contributed by atoms with Crippen molar-refractivity contribution in [2.45, 2.75) is 19.4 Å². The number of rotatable bonds is 6. The van der Waals surface area contributed by atoms with Gasteiger partial charge in [0.2, 0.25) is 5.91 Å². The highest BCUT2D eigenvalue weighted by molar-refractivity contribution is 5.92. The first kappa shape index (κ1) is 20.0. The van der Waals surface area contributed by atoms with Crippen LogP contribution < -0.4 is 10.1 Å². The third-order valence-corrected chi connectivity index (χ3v) is 5.36. The van der Waals surface area contributed by atoms with Crippen molar-refractivity contribution in [3.8, 4) is 11.4 Å². The maximum Gasteiger partial charge on any atom is 0.227 e. The SMILES string of the molecule is COc1ccc(CN2CCC(C(=O)Nc3ccc(-n4cnnn4)cc3)CC2)c(F)c1. The van der Waals surface area contributed by atoms with Crippen LogP contribution in [0.4, 0.5) is 10.1 Å². The van der Waals surface area contributed by atoms with Gasteiger partial charge >= 0.3 is 0 Å². The fourth-order valence-electron chi connectivity index (χ4n) is 3.60. The summed E-state index contributed by atoms with van der Waals surface area (Å²) in [5.74, 6) is 0.207. The third kappa shape index (κ3) is 4.62. The number of halogens is 1. The van der Waals surface area contributed by atoms with Crippen LogP contribution in [0.3, 0.4) is 0 Å². The summed E-state index contributed by atoms with van der Waals surface area (Å²) in [7, 11) is 1.52. The van der Waals surface area contributed by atoms with Crippen LogP contribution in [0.1, 0.15) is 18.4 Å². The van der Waals surface area contributed by atoms with Crippen molar-refractivity contribution >= 4 is 11.6 Å². The molecule has 0 spiro atoms. The molecule has 4 rings (SSSR count). The predicted molar refractivity (Wildman–Crippen MR) is 109 cm³/mol. The maximum absolute atomic E-state index is 14.2. The second kappa shape index (κ2) is 9.00. The number of amides is 1. The number of carbonyl (C=O) groups excluding carboxylic acids is 1. The number of benzene rings is 2. The van der Waals surface area contributed by atoms with Gasteiger partial charge in [0.05, 0.1) is 12.8 Å². The first-order valence-corrected chi connectivity index (χ1v) is 9.81. The van der Waals surface area contributed by atoms with Crippen LogP contribution in [-0.4, -0.2) is 51.2 Å². The van der Waals surface area contributed by atoms with Gasteiger partial charge in [-0.15, -0.1) is 5.10 Å². The molecule has 0 radical (unpaired) electrons. The van der Waals surface area contributed by atoms with E-state index in [0.29, 0.717) is 17.9 Å². The number of anilines is 1. The maximum atomic E-state index is 14.2. The van der Waals surface area contributed by atoms with Gasteiger partial charge in [-0.1, -0.05) is 6.07 Å². The van der Waals surface area contributed by atoms with Gasteiger partial charge in [-0.25, -0.2) is 9.07 Å². The van der Waals surface area contributed by atoms with Gasteiger partial charge in [0.15, 0.2) is 0 Å². The van der Waals surface area contributed by atoms with Gasteiger partial charge in [0.25, 0.3) is 0 Å². The zero-order valence-corrected chi connectivity index (χ0v) is 16.7. The summed E-state index contributed by atoms with van der Waals surface area (Å²) >= 11 is 0. The Morgan fingerprint density at radius 2 is 1.97 bits per heavy atom. The summed E-state index contributed by atoms with van der Waals surface area (Å²) in [6, 6.07) is 12.3. The second-order valence-corrected chi connectivity index (χ2v) is 7.30. The van der Waals surface area contributed by atoms with E-state index in [4.69, 9.17) is 4.74 Å². The van der Waals surface area contributed by atoms with Crippen LogP contribution >= 0.6 is 0 Å². The van der Waals surface area contributed by atoms with Crippen LogP contribution in [0.5, 0.6) is 5.75 Å². The highest BCUT2D eigenvalue weighted by atomic mass is 19.1.